The Bertz CT molecular complexity index is 611. The van der Waals surface area contributed by atoms with E-state index in [0.29, 0.717) is 12.6 Å². The Balaban J connectivity index is 1.90. The number of nitrogens with one attached hydrogen (secondary N) is 1. The van der Waals surface area contributed by atoms with E-state index in [0.717, 1.165) is 23.9 Å². The van der Waals surface area contributed by atoms with Gasteiger partial charge < -0.3 is 5.32 Å². The fraction of sp³-hybridized carbons (Fsp3) is 0.286. The van der Waals surface area contributed by atoms with Gasteiger partial charge in [-0.05, 0) is 25.0 Å². The second kappa shape index (κ2) is 4.29. The fourth-order valence-corrected chi connectivity index (χ4v) is 2.13. The number of hydrogen-bond acceptors (Lipinski definition) is 1. The van der Waals surface area contributed by atoms with Gasteiger partial charge in [0.05, 0.1) is 6.20 Å². The van der Waals surface area contributed by atoms with Crippen LogP contribution in [0.15, 0.2) is 37.2 Å². The molecular formula is C14H16N3O+. The third-order valence-electron chi connectivity index (χ3n) is 3.19. The predicted octanol–water partition coefficient (Wildman–Crippen LogP) is 1.31. The highest BCUT2D eigenvalue weighted by molar-refractivity contribution is 5.77. The molecule has 18 heavy (non-hydrogen) atoms. The van der Waals surface area contributed by atoms with Gasteiger partial charge in [0.1, 0.15) is 0 Å². The molecule has 1 aliphatic rings. The number of rotatable bonds is 4. The highest BCUT2D eigenvalue weighted by Gasteiger charge is 2.24. The summed E-state index contributed by atoms with van der Waals surface area (Å²) in [4.78, 5) is 11.8. The molecule has 1 aliphatic carbocycles. The molecule has 0 bridgehead atoms. The summed E-state index contributed by atoms with van der Waals surface area (Å²) in [5.41, 5.74) is 2.11. The molecule has 1 N–H and O–H groups in total. The van der Waals surface area contributed by atoms with Gasteiger partial charge in [-0.15, -0.1) is 0 Å². The van der Waals surface area contributed by atoms with Crippen LogP contribution in [0.25, 0.3) is 17.2 Å². The Morgan fingerprint density at radius 1 is 1.50 bits per heavy atom. The van der Waals surface area contributed by atoms with Gasteiger partial charge in [0.25, 0.3) is 5.91 Å². The van der Waals surface area contributed by atoms with Gasteiger partial charge in [-0.2, -0.15) is 0 Å². The average molecular weight is 242 g/mol. The number of carbonyl (C=O) groups is 1. The van der Waals surface area contributed by atoms with E-state index >= 15 is 0 Å². The van der Waals surface area contributed by atoms with Crippen molar-refractivity contribution >= 4 is 23.1 Å². The summed E-state index contributed by atoms with van der Waals surface area (Å²) in [6.07, 6.45) is 5.89. The van der Waals surface area contributed by atoms with Crippen molar-refractivity contribution in [1.29, 1.82) is 0 Å². The molecule has 1 amide bonds. The number of nitrogens with zero attached hydrogens (tertiary/aromatic N) is 2. The maximum Gasteiger partial charge on any atom is 0.262 e. The van der Waals surface area contributed by atoms with Crippen LogP contribution in [0, 0.1) is 0 Å². The van der Waals surface area contributed by atoms with Crippen LogP contribution in [0.3, 0.4) is 0 Å². The predicted molar refractivity (Wildman–Crippen MR) is 69.7 cm³/mol. The third-order valence-corrected chi connectivity index (χ3v) is 3.19. The van der Waals surface area contributed by atoms with Gasteiger partial charge in [0.2, 0.25) is 6.33 Å². The van der Waals surface area contributed by atoms with Gasteiger partial charge in [-0.1, -0.05) is 18.7 Å². The highest BCUT2D eigenvalue weighted by Crippen LogP contribution is 2.18. The van der Waals surface area contributed by atoms with E-state index in [1.54, 1.807) is 6.20 Å². The first-order chi connectivity index (χ1) is 8.78. The number of benzene rings is 1. The molecule has 1 aromatic heterocycles. The van der Waals surface area contributed by atoms with E-state index in [1.165, 1.54) is 0 Å². The summed E-state index contributed by atoms with van der Waals surface area (Å²) >= 11 is 0. The fourth-order valence-electron chi connectivity index (χ4n) is 2.13. The lowest BCUT2D eigenvalue weighted by Gasteiger charge is -2.00. The van der Waals surface area contributed by atoms with Gasteiger partial charge in [0, 0.05) is 6.04 Å². The standard InChI is InChI=1S/C14H15N3O/c1-2-16-10-17(9-14(18)15-11-7-8-11)13-6-4-3-5-12(13)16/h2-6,10-11H,1,7-9H2/p+1. The van der Waals surface area contributed by atoms with Gasteiger partial charge in [0.15, 0.2) is 17.6 Å². The Morgan fingerprint density at radius 2 is 2.28 bits per heavy atom. The first-order valence-corrected chi connectivity index (χ1v) is 6.19. The monoisotopic (exact) mass is 242 g/mol. The number of carbonyl (C=O) groups excluding carboxylic acids is 1. The molecule has 3 rings (SSSR count). The van der Waals surface area contributed by atoms with E-state index < -0.39 is 0 Å². The average Bonchev–Trinajstić information content (AvgIpc) is 3.11. The van der Waals surface area contributed by atoms with Crippen LogP contribution in [0.5, 0.6) is 0 Å². The largest absolute Gasteiger partial charge is 0.350 e. The second-order valence-corrected chi connectivity index (χ2v) is 4.66. The number of imidazole rings is 1. The van der Waals surface area contributed by atoms with Crippen LogP contribution in [0.4, 0.5) is 0 Å². The number of hydrogen-bond donors (Lipinski definition) is 1. The zero-order valence-corrected chi connectivity index (χ0v) is 10.2. The molecule has 92 valence electrons. The Morgan fingerprint density at radius 3 is 3.00 bits per heavy atom. The summed E-state index contributed by atoms with van der Waals surface area (Å²) in [7, 11) is 0. The second-order valence-electron chi connectivity index (χ2n) is 4.66. The Kier molecular flexibility index (Phi) is 2.63. The minimum absolute atomic E-state index is 0.0782. The normalized spacial score (nSPS) is 14.7. The van der Waals surface area contributed by atoms with E-state index in [-0.39, 0.29) is 5.91 Å². The summed E-state index contributed by atoms with van der Waals surface area (Å²) in [6, 6.07) is 8.40. The quantitative estimate of drug-likeness (QED) is 0.806. The lowest BCUT2D eigenvalue weighted by atomic mass is 10.3. The van der Waals surface area contributed by atoms with Crippen molar-refractivity contribution in [2.75, 3.05) is 0 Å². The van der Waals surface area contributed by atoms with Crippen LogP contribution in [0.2, 0.25) is 0 Å². The number of para-hydroxylation sites is 2. The molecule has 0 spiro atoms. The smallest absolute Gasteiger partial charge is 0.262 e. The number of amides is 1. The van der Waals surface area contributed by atoms with Crippen LogP contribution < -0.4 is 9.88 Å². The summed E-state index contributed by atoms with van der Waals surface area (Å²) in [5, 5.41) is 3.00. The van der Waals surface area contributed by atoms with E-state index in [4.69, 9.17) is 0 Å². The van der Waals surface area contributed by atoms with Crippen molar-refractivity contribution in [3.63, 3.8) is 0 Å². The van der Waals surface area contributed by atoms with Crippen molar-refractivity contribution < 1.29 is 9.36 Å². The molecule has 0 radical (unpaired) electrons. The summed E-state index contributed by atoms with van der Waals surface area (Å²) < 4.78 is 3.88. The number of fused-ring (bicyclic) bond motifs is 1. The van der Waals surface area contributed by atoms with Crippen molar-refractivity contribution in [3.05, 3.63) is 37.2 Å². The molecule has 0 saturated heterocycles. The molecule has 2 aromatic rings. The Hall–Kier alpha value is -2.10. The molecule has 0 atom stereocenters. The van der Waals surface area contributed by atoms with Crippen molar-refractivity contribution in [2.45, 2.75) is 25.4 Å². The molecular weight excluding hydrogens is 226 g/mol. The molecule has 0 aliphatic heterocycles. The topological polar surface area (TPSA) is 37.9 Å². The first-order valence-electron chi connectivity index (χ1n) is 6.19. The lowest BCUT2D eigenvalue weighted by molar-refractivity contribution is -0.658. The maximum atomic E-state index is 11.8. The lowest BCUT2D eigenvalue weighted by Crippen LogP contribution is -2.42. The van der Waals surface area contributed by atoms with Crippen LogP contribution >= 0.6 is 0 Å². The molecule has 1 saturated carbocycles. The molecule has 0 unspecified atom stereocenters. The van der Waals surface area contributed by atoms with Crippen molar-refractivity contribution in [1.82, 2.24) is 9.88 Å². The highest BCUT2D eigenvalue weighted by atomic mass is 16.2. The molecule has 4 nitrogen and oxygen atoms in total. The van der Waals surface area contributed by atoms with Crippen LogP contribution in [-0.2, 0) is 11.3 Å². The molecule has 1 fully saturated rings. The zero-order chi connectivity index (χ0) is 12.5. The minimum Gasteiger partial charge on any atom is -0.350 e. The first kappa shape index (κ1) is 11.0. The zero-order valence-electron chi connectivity index (χ0n) is 10.2. The molecule has 1 heterocycles. The summed E-state index contributed by atoms with van der Waals surface area (Å²) in [5.74, 6) is 0.0782. The van der Waals surface area contributed by atoms with E-state index in [9.17, 15) is 4.79 Å². The van der Waals surface area contributed by atoms with Gasteiger partial charge >= 0.3 is 0 Å². The van der Waals surface area contributed by atoms with Gasteiger partial charge in [-0.3, -0.25) is 4.79 Å². The van der Waals surface area contributed by atoms with Crippen LogP contribution in [-0.4, -0.2) is 16.5 Å². The SMILES string of the molecule is C=Cn1c[n+](CC(=O)NC2CC2)c2ccccc21. The molecule has 4 heteroatoms. The van der Waals surface area contributed by atoms with Gasteiger partial charge in [-0.25, -0.2) is 9.13 Å². The van der Waals surface area contributed by atoms with E-state index in [2.05, 4.69) is 11.9 Å². The maximum absolute atomic E-state index is 11.8. The van der Waals surface area contributed by atoms with Crippen LogP contribution in [0.1, 0.15) is 12.8 Å². The molecule has 1 aromatic carbocycles. The summed E-state index contributed by atoms with van der Waals surface area (Å²) in [6.45, 7) is 4.14. The third kappa shape index (κ3) is 2.01. The minimum atomic E-state index is 0.0782. The van der Waals surface area contributed by atoms with Crippen molar-refractivity contribution in [2.24, 2.45) is 0 Å². The Labute approximate surface area is 106 Å². The van der Waals surface area contributed by atoms with Crippen molar-refractivity contribution in [3.8, 4) is 0 Å². The van der Waals surface area contributed by atoms with E-state index in [1.807, 2.05) is 39.7 Å². The number of aromatic nitrogens is 2.